The van der Waals surface area contributed by atoms with Gasteiger partial charge in [0.15, 0.2) is 0 Å². The maximum atomic E-state index is 11.9. The fraction of sp³-hybridized carbons (Fsp3) is 0.294. The first kappa shape index (κ1) is 18.2. The smallest absolute Gasteiger partial charge is 0.341 e. The number of hydrogen-bond acceptors (Lipinski definition) is 8. The fourth-order valence-corrected chi connectivity index (χ4v) is 1.91. The third-order valence-electron chi connectivity index (χ3n) is 3.10. The van der Waals surface area contributed by atoms with Crippen molar-refractivity contribution >= 4 is 11.9 Å². The number of hydrogen-bond donors (Lipinski definition) is 1. The summed E-state index contributed by atoms with van der Waals surface area (Å²) in [5.41, 5.74) is 0.507. The molecule has 0 spiro atoms. The van der Waals surface area contributed by atoms with E-state index in [2.05, 4.69) is 21.9 Å². The minimum atomic E-state index is -0.465. The van der Waals surface area contributed by atoms with Gasteiger partial charge >= 0.3 is 5.97 Å². The summed E-state index contributed by atoms with van der Waals surface area (Å²) < 4.78 is 15.4. The van der Waals surface area contributed by atoms with Crippen LogP contribution in [0.3, 0.4) is 0 Å². The molecule has 0 aliphatic rings. The second-order valence-electron chi connectivity index (χ2n) is 4.94. The summed E-state index contributed by atoms with van der Waals surface area (Å²) in [7, 11) is 0. The van der Waals surface area contributed by atoms with E-state index >= 15 is 0 Å². The van der Waals surface area contributed by atoms with Crippen LogP contribution in [0.25, 0.3) is 0 Å². The van der Waals surface area contributed by atoms with Gasteiger partial charge in [0, 0.05) is 12.3 Å². The van der Waals surface area contributed by atoms with Crippen LogP contribution < -0.4 is 15.5 Å². The van der Waals surface area contributed by atoms with Crippen LogP contribution in [0.2, 0.25) is 0 Å². The first-order valence-electron chi connectivity index (χ1n) is 7.65. The Balaban J connectivity index is 2.02. The molecule has 0 radical (unpaired) electrons. The van der Waals surface area contributed by atoms with Gasteiger partial charge in [-0.05, 0) is 13.8 Å². The summed E-state index contributed by atoms with van der Waals surface area (Å²) in [4.78, 5) is 31.8. The quantitative estimate of drug-likeness (QED) is 0.573. The van der Waals surface area contributed by atoms with Crippen molar-refractivity contribution in [3.63, 3.8) is 0 Å². The third kappa shape index (κ3) is 4.90. The van der Waals surface area contributed by atoms with Crippen molar-refractivity contribution in [3.05, 3.63) is 58.4 Å². The number of carbonyl (C=O) groups is 1. The van der Waals surface area contributed by atoms with Crippen LogP contribution >= 0.6 is 0 Å². The molecule has 8 heteroatoms. The Kier molecular flexibility index (Phi) is 6.27. The van der Waals surface area contributed by atoms with Crippen molar-refractivity contribution in [1.29, 1.82) is 0 Å². The molecule has 25 heavy (non-hydrogen) atoms. The lowest BCUT2D eigenvalue weighted by Gasteiger charge is -2.08. The highest BCUT2D eigenvalue weighted by atomic mass is 16.5. The lowest BCUT2D eigenvalue weighted by atomic mass is 10.2. The average molecular weight is 345 g/mol. The Bertz CT molecular complexity index is 816. The average Bonchev–Trinajstić information content (AvgIpc) is 2.59. The van der Waals surface area contributed by atoms with Crippen molar-refractivity contribution in [2.75, 3.05) is 18.5 Å². The van der Waals surface area contributed by atoms with Gasteiger partial charge in [0.1, 0.15) is 18.6 Å². The van der Waals surface area contributed by atoms with E-state index in [0.717, 1.165) is 0 Å². The van der Waals surface area contributed by atoms with E-state index in [1.165, 1.54) is 24.6 Å². The van der Waals surface area contributed by atoms with Crippen molar-refractivity contribution in [2.45, 2.75) is 20.4 Å². The van der Waals surface area contributed by atoms with Gasteiger partial charge in [-0.2, -0.15) is 0 Å². The highest BCUT2D eigenvalue weighted by molar-refractivity contribution is 5.90. The number of aromatic nitrogens is 2. The topological polar surface area (TPSA) is 104 Å². The zero-order valence-corrected chi connectivity index (χ0v) is 14.1. The summed E-state index contributed by atoms with van der Waals surface area (Å²) in [6.07, 6.45) is 4.18. The summed E-state index contributed by atoms with van der Waals surface area (Å²) in [6.45, 7) is 7.63. The number of nitrogens with one attached hydrogen (secondary N) is 1. The highest BCUT2D eigenvalue weighted by Gasteiger charge is 2.13. The normalized spacial score (nSPS) is 10.2. The number of nitrogens with zero attached hydrogens (tertiary/aromatic N) is 2. The van der Waals surface area contributed by atoms with E-state index < -0.39 is 5.97 Å². The molecule has 2 aromatic heterocycles. The van der Waals surface area contributed by atoms with E-state index in [9.17, 15) is 9.59 Å². The monoisotopic (exact) mass is 345 g/mol. The third-order valence-corrected chi connectivity index (χ3v) is 3.10. The lowest BCUT2D eigenvalue weighted by Crippen LogP contribution is -2.12. The molecule has 0 saturated carbocycles. The molecule has 0 amide bonds. The molecule has 0 bridgehead atoms. The van der Waals surface area contributed by atoms with Gasteiger partial charge in [-0.15, -0.1) is 0 Å². The van der Waals surface area contributed by atoms with Gasteiger partial charge in [0.25, 0.3) is 0 Å². The van der Waals surface area contributed by atoms with Crippen LogP contribution in [-0.2, 0) is 11.3 Å². The maximum absolute atomic E-state index is 11.9. The summed E-state index contributed by atoms with van der Waals surface area (Å²) >= 11 is 0. The first-order chi connectivity index (χ1) is 12.0. The van der Waals surface area contributed by atoms with Crippen LogP contribution in [0.5, 0.6) is 5.75 Å². The number of aryl methyl sites for hydroxylation is 1. The molecule has 132 valence electrons. The molecule has 2 rings (SSSR count). The van der Waals surface area contributed by atoms with Crippen LogP contribution in [0.4, 0.5) is 5.95 Å². The molecular weight excluding hydrogens is 326 g/mol. The van der Waals surface area contributed by atoms with Crippen molar-refractivity contribution < 1.29 is 18.7 Å². The van der Waals surface area contributed by atoms with Crippen LogP contribution in [-0.4, -0.2) is 29.2 Å². The number of ether oxygens (including phenoxy) is 2. The largest absolute Gasteiger partial charge is 0.482 e. The van der Waals surface area contributed by atoms with Gasteiger partial charge < -0.3 is 19.2 Å². The number of anilines is 1. The zero-order chi connectivity index (χ0) is 18.2. The second-order valence-corrected chi connectivity index (χ2v) is 4.94. The lowest BCUT2D eigenvalue weighted by molar-refractivity contribution is 0.0524. The summed E-state index contributed by atoms with van der Waals surface area (Å²) in [5.74, 6) is 0.356. The van der Waals surface area contributed by atoms with Crippen LogP contribution in [0.1, 0.15) is 28.7 Å². The predicted molar refractivity (Wildman–Crippen MR) is 90.7 cm³/mol. The minimum absolute atomic E-state index is 0.120. The van der Waals surface area contributed by atoms with E-state index in [1.807, 2.05) is 0 Å². The molecule has 0 fully saturated rings. The van der Waals surface area contributed by atoms with Crippen molar-refractivity contribution in [3.8, 4) is 5.75 Å². The van der Waals surface area contributed by atoms with Gasteiger partial charge in [-0.1, -0.05) is 12.7 Å². The molecule has 2 aromatic rings. The molecule has 0 atom stereocenters. The Morgan fingerprint density at radius 3 is 2.92 bits per heavy atom. The SMILES string of the molecule is C=CCOc1coc(CNc2ncc(C(=O)OCC)c(C)n2)cc1=O. The van der Waals surface area contributed by atoms with Gasteiger partial charge in [-0.25, -0.2) is 14.8 Å². The molecule has 0 aliphatic heterocycles. The molecule has 8 nitrogen and oxygen atoms in total. The second kappa shape index (κ2) is 8.62. The Morgan fingerprint density at radius 2 is 2.28 bits per heavy atom. The maximum Gasteiger partial charge on any atom is 0.341 e. The zero-order valence-electron chi connectivity index (χ0n) is 14.1. The van der Waals surface area contributed by atoms with Gasteiger partial charge in [0.05, 0.1) is 24.4 Å². The Labute approximate surface area is 144 Å². The number of esters is 1. The molecule has 0 unspecified atom stereocenters. The predicted octanol–water partition coefficient (Wildman–Crippen LogP) is 2.09. The van der Waals surface area contributed by atoms with E-state index in [4.69, 9.17) is 13.9 Å². The summed E-state index contributed by atoms with van der Waals surface area (Å²) in [5, 5.41) is 2.93. The standard InChI is InChI=1S/C17H19N3O5/c1-4-6-24-15-10-25-12(7-14(15)21)8-18-17-19-9-13(11(3)20-17)16(22)23-5-2/h4,7,9-10H,1,5-6,8H2,2-3H3,(H,18,19,20). The molecule has 0 saturated heterocycles. The summed E-state index contributed by atoms with van der Waals surface area (Å²) in [6, 6.07) is 1.32. The van der Waals surface area contributed by atoms with E-state index in [-0.39, 0.29) is 30.9 Å². The molecule has 0 aromatic carbocycles. The van der Waals surface area contributed by atoms with Crippen molar-refractivity contribution in [2.24, 2.45) is 0 Å². The molecule has 0 aliphatic carbocycles. The van der Waals surface area contributed by atoms with E-state index in [1.54, 1.807) is 13.8 Å². The van der Waals surface area contributed by atoms with Crippen molar-refractivity contribution in [1.82, 2.24) is 9.97 Å². The van der Waals surface area contributed by atoms with Gasteiger partial charge in [-0.3, -0.25) is 4.79 Å². The molecule has 1 N–H and O–H groups in total. The number of rotatable bonds is 8. The molecular formula is C17H19N3O5. The van der Waals surface area contributed by atoms with E-state index in [0.29, 0.717) is 23.0 Å². The number of carbonyl (C=O) groups excluding carboxylic acids is 1. The first-order valence-corrected chi connectivity index (χ1v) is 7.65. The fourth-order valence-electron chi connectivity index (χ4n) is 1.91. The minimum Gasteiger partial charge on any atom is -0.482 e. The Hall–Kier alpha value is -3.16. The highest BCUT2D eigenvalue weighted by Crippen LogP contribution is 2.11. The van der Waals surface area contributed by atoms with Crippen LogP contribution in [0, 0.1) is 6.92 Å². The van der Waals surface area contributed by atoms with Gasteiger partial charge in [0.2, 0.25) is 17.1 Å². The Morgan fingerprint density at radius 1 is 1.48 bits per heavy atom. The molecule has 2 heterocycles. The van der Waals surface area contributed by atoms with Crippen LogP contribution in [0.15, 0.2) is 40.4 Å².